The Bertz CT molecular complexity index is 659. The number of hydrogen-bond donors (Lipinski definition) is 2. The Labute approximate surface area is 123 Å². The number of amides is 1. The summed E-state index contributed by atoms with van der Waals surface area (Å²) >= 11 is 0. The molecule has 2 aromatic rings. The van der Waals surface area contributed by atoms with E-state index in [-0.39, 0.29) is 17.1 Å². The lowest BCUT2D eigenvalue weighted by atomic mass is 9.81. The first-order valence-electron chi connectivity index (χ1n) is 7.25. The second-order valence-corrected chi connectivity index (χ2v) is 5.98. The van der Waals surface area contributed by atoms with E-state index < -0.39 is 0 Å². The first-order valence-corrected chi connectivity index (χ1v) is 7.25. The number of hydrogen-bond acceptors (Lipinski definition) is 5. The molecule has 2 N–H and O–H groups in total. The summed E-state index contributed by atoms with van der Waals surface area (Å²) in [4.78, 5) is 20.5. The van der Waals surface area contributed by atoms with Crippen LogP contribution < -0.4 is 10.6 Å². The van der Waals surface area contributed by atoms with Gasteiger partial charge in [-0.1, -0.05) is 6.92 Å². The zero-order chi connectivity index (χ0) is 14.9. The van der Waals surface area contributed by atoms with Gasteiger partial charge in [-0.25, -0.2) is 9.50 Å². The molecule has 1 fully saturated rings. The molecule has 7 nitrogen and oxygen atoms in total. The Kier molecular flexibility index (Phi) is 3.59. The SMILES string of the molecule is Cc1ccnc2nc(C(=O)NCC3(C)CCNCC3)nn12. The van der Waals surface area contributed by atoms with E-state index in [1.54, 1.807) is 10.7 Å². The molecule has 21 heavy (non-hydrogen) atoms. The van der Waals surface area contributed by atoms with Crippen molar-refractivity contribution in [3.63, 3.8) is 0 Å². The highest BCUT2D eigenvalue weighted by molar-refractivity contribution is 5.90. The molecule has 7 heteroatoms. The molecule has 2 aromatic heterocycles. The number of aryl methyl sites for hydroxylation is 1. The first kappa shape index (κ1) is 13.9. The van der Waals surface area contributed by atoms with Gasteiger partial charge in [0.2, 0.25) is 5.82 Å². The van der Waals surface area contributed by atoms with E-state index >= 15 is 0 Å². The molecule has 112 valence electrons. The van der Waals surface area contributed by atoms with Crippen LogP contribution in [-0.4, -0.2) is 45.1 Å². The highest BCUT2D eigenvalue weighted by Crippen LogP contribution is 2.26. The summed E-state index contributed by atoms with van der Waals surface area (Å²) in [5.41, 5.74) is 1.05. The van der Waals surface area contributed by atoms with Gasteiger partial charge in [-0.3, -0.25) is 4.79 Å². The molecule has 1 saturated heterocycles. The van der Waals surface area contributed by atoms with Gasteiger partial charge < -0.3 is 10.6 Å². The Morgan fingerprint density at radius 1 is 1.48 bits per heavy atom. The fourth-order valence-electron chi connectivity index (χ4n) is 2.58. The molecule has 0 unspecified atom stereocenters. The predicted octanol–water partition coefficient (Wildman–Crippen LogP) is 0.552. The molecular weight excluding hydrogens is 268 g/mol. The molecule has 3 rings (SSSR count). The monoisotopic (exact) mass is 288 g/mol. The summed E-state index contributed by atoms with van der Waals surface area (Å²) in [5, 5.41) is 10.5. The third kappa shape index (κ3) is 2.87. The Hall–Kier alpha value is -2.02. The van der Waals surface area contributed by atoms with E-state index in [0.717, 1.165) is 31.6 Å². The van der Waals surface area contributed by atoms with E-state index in [1.807, 2.05) is 13.0 Å². The standard InChI is InChI=1S/C14H20N6O/c1-10-3-6-16-13-18-11(19-20(10)13)12(21)17-9-14(2)4-7-15-8-5-14/h3,6,15H,4-5,7-9H2,1-2H3,(H,17,21). The average molecular weight is 288 g/mol. The lowest BCUT2D eigenvalue weighted by molar-refractivity contribution is 0.0912. The highest BCUT2D eigenvalue weighted by Gasteiger charge is 2.27. The maximum atomic E-state index is 12.2. The van der Waals surface area contributed by atoms with Crippen LogP contribution in [0.1, 0.15) is 36.1 Å². The smallest absolute Gasteiger partial charge is 0.291 e. The van der Waals surface area contributed by atoms with Gasteiger partial charge in [0.05, 0.1) is 0 Å². The minimum absolute atomic E-state index is 0.147. The zero-order valence-corrected chi connectivity index (χ0v) is 12.4. The molecule has 1 amide bonds. The van der Waals surface area contributed by atoms with E-state index in [0.29, 0.717) is 12.3 Å². The summed E-state index contributed by atoms with van der Waals surface area (Å²) in [6.07, 6.45) is 3.79. The summed E-state index contributed by atoms with van der Waals surface area (Å²) in [7, 11) is 0. The molecule has 1 aliphatic rings. The molecule has 0 aliphatic carbocycles. The van der Waals surface area contributed by atoms with Crippen molar-refractivity contribution < 1.29 is 4.79 Å². The van der Waals surface area contributed by atoms with Crippen LogP contribution in [-0.2, 0) is 0 Å². The fraction of sp³-hybridized carbons (Fsp3) is 0.571. The first-order chi connectivity index (χ1) is 10.1. The Morgan fingerprint density at radius 3 is 2.95 bits per heavy atom. The van der Waals surface area contributed by atoms with Gasteiger partial charge in [0.25, 0.3) is 11.7 Å². The summed E-state index contributed by atoms with van der Waals surface area (Å²) in [6, 6.07) is 1.83. The fourth-order valence-corrected chi connectivity index (χ4v) is 2.58. The van der Waals surface area contributed by atoms with Crippen LogP contribution in [0.5, 0.6) is 0 Å². The molecule has 0 radical (unpaired) electrons. The number of carbonyl (C=O) groups is 1. The number of fused-ring (bicyclic) bond motifs is 1. The van der Waals surface area contributed by atoms with Crippen LogP contribution >= 0.6 is 0 Å². The average Bonchev–Trinajstić information content (AvgIpc) is 2.91. The predicted molar refractivity (Wildman–Crippen MR) is 78.1 cm³/mol. The quantitative estimate of drug-likeness (QED) is 0.862. The van der Waals surface area contributed by atoms with Crippen LogP contribution in [0.25, 0.3) is 5.78 Å². The molecule has 0 bridgehead atoms. The van der Waals surface area contributed by atoms with E-state index in [1.165, 1.54) is 0 Å². The van der Waals surface area contributed by atoms with Crippen molar-refractivity contribution in [2.24, 2.45) is 5.41 Å². The third-order valence-corrected chi connectivity index (χ3v) is 4.12. The Morgan fingerprint density at radius 2 is 2.24 bits per heavy atom. The van der Waals surface area contributed by atoms with Crippen molar-refractivity contribution in [3.8, 4) is 0 Å². The molecular formula is C14H20N6O. The van der Waals surface area contributed by atoms with Crippen LogP contribution in [0.4, 0.5) is 0 Å². The lowest BCUT2D eigenvalue weighted by Crippen LogP contribution is -2.43. The number of carbonyl (C=O) groups excluding carboxylic acids is 1. The highest BCUT2D eigenvalue weighted by atomic mass is 16.2. The van der Waals surface area contributed by atoms with Crippen LogP contribution in [0.3, 0.4) is 0 Å². The van der Waals surface area contributed by atoms with Crippen LogP contribution in [0.15, 0.2) is 12.3 Å². The van der Waals surface area contributed by atoms with E-state index in [2.05, 4.69) is 32.6 Å². The van der Waals surface area contributed by atoms with Crippen molar-refractivity contribution in [1.82, 2.24) is 30.2 Å². The van der Waals surface area contributed by atoms with Gasteiger partial charge in [0.15, 0.2) is 0 Å². The maximum Gasteiger partial charge on any atom is 0.291 e. The van der Waals surface area contributed by atoms with Crippen molar-refractivity contribution in [1.29, 1.82) is 0 Å². The van der Waals surface area contributed by atoms with Gasteiger partial charge in [-0.05, 0) is 44.3 Å². The molecule has 0 atom stereocenters. The lowest BCUT2D eigenvalue weighted by Gasteiger charge is -2.33. The second kappa shape index (κ2) is 5.40. The minimum atomic E-state index is -0.236. The van der Waals surface area contributed by atoms with E-state index in [4.69, 9.17) is 0 Å². The second-order valence-electron chi connectivity index (χ2n) is 5.98. The normalized spacial score (nSPS) is 17.8. The van der Waals surface area contributed by atoms with Crippen molar-refractivity contribution in [2.45, 2.75) is 26.7 Å². The summed E-state index contributed by atoms with van der Waals surface area (Å²) < 4.78 is 1.58. The number of rotatable bonds is 3. The van der Waals surface area contributed by atoms with E-state index in [9.17, 15) is 4.79 Å². The molecule has 0 saturated carbocycles. The Balaban J connectivity index is 1.70. The van der Waals surface area contributed by atoms with Crippen LogP contribution in [0.2, 0.25) is 0 Å². The van der Waals surface area contributed by atoms with Gasteiger partial charge in [0.1, 0.15) is 0 Å². The molecule has 0 spiro atoms. The molecule has 0 aromatic carbocycles. The summed E-state index contributed by atoms with van der Waals surface area (Å²) in [5.74, 6) is 0.391. The van der Waals surface area contributed by atoms with Crippen molar-refractivity contribution >= 4 is 11.7 Å². The van der Waals surface area contributed by atoms with Gasteiger partial charge >= 0.3 is 0 Å². The number of aromatic nitrogens is 4. The van der Waals surface area contributed by atoms with Gasteiger partial charge in [-0.2, -0.15) is 4.98 Å². The number of nitrogens with one attached hydrogen (secondary N) is 2. The third-order valence-electron chi connectivity index (χ3n) is 4.12. The topological polar surface area (TPSA) is 84.2 Å². The van der Waals surface area contributed by atoms with Gasteiger partial charge in [0, 0.05) is 18.4 Å². The van der Waals surface area contributed by atoms with Crippen LogP contribution in [0, 0.1) is 12.3 Å². The largest absolute Gasteiger partial charge is 0.349 e. The molecule has 1 aliphatic heterocycles. The number of piperidine rings is 1. The molecule has 3 heterocycles. The number of nitrogens with zero attached hydrogens (tertiary/aromatic N) is 4. The van der Waals surface area contributed by atoms with Gasteiger partial charge in [-0.15, -0.1) is 5.10 Å². The summed E-state index contributed by atoms with van der Waals surface area (Å²) in [6.45, 7) is 6.76. The maximum absolute atomic E-state index is 12.2. The van der Waals surface area contributed by atoms with Crippen molar-refractivity contribution in [3.05, 3.63) is 23.8 Å². The van der Waals surface area contributed by atoms with Crippen molar-refractivity contribution in [2.75, 3.05) is 19.6 Å². The zero-order valence-electron chi connectivity index (χ0n) is 12.4. The minimum Gasteiger partial charge on any atom is -0.349 e.